The molecule has 3 aromatic carbocycles. The number of rotatable bonds is 14. The lowest BCUT2D eigenvalue weighted by Crippen LogP contribution is -2.26. The predicted molar refractivity (Wildman–Crippen MR) is 148 cm³/mol. The van der Waals surface area contributed by atoms with Crippen molar-refractivity contribution in [3.63, 3.8) is 0 Å². The number of carbonyl (C=O) groups excluding carboxylic acids is 2. The third-order valence-corrected chi connectivity index (χ3v) is 5.20. The molecule has 38 heavy (non-hydrogen) atoms. The number of anilines is 4. The highest BCUT2D eigenvalue weighted by molar-refractivity contribution is 5.89. The standard InChI is InChI=1S/C28H34N4O6/c1-19(33)31-23-7-3-21(4-8-23)29-15-25(35)17-37-27-11-13-28(14-12-27)38-18-26(36)16-30-22-5-9-24(10-6-22)32-20(2)34/h3-14,25-26,29-30,35-36H,15-18H2,1-2H3,(H,31,33)(H,32,34)/t25-,26-/m1/s1. The minimum Gasteiger partial charge on any atom is -0.491 e. The number of aliphatic hydroxyl groups is 2. The van der Waals surface area contributed by atoms with Gasteiger partial charge in [-0.2, -0.15) is 0 Å². The number of hydrogen-bond acceptors (Lipinski definition) is 8. The molecule has 0 radical (unpaired) electrons. The highest BCUT2D eigenvalue weighted by Crippen LogP contribution is 2.19. The molecule has 2 amide bonds. The van der Waals surface area contributed by atoms with Crippen LogP contribution in [0.2, 0.25) is 0 Å². The highest BCUT2D eigenvalue weighted by atomic mass is 16.5. The molecule has 202 valence electrons. The maximum atomic E-state index is 11.1. The summed E-state index contributed by atoms with van der Waals surface area (Å²) in [7, 11) is 0. The summed E-state index contributed by atoms with van der Waals surface area (Å²) in [6.07, 6.45) is -1.46. The minimum absolute atomic E-state index is 0.105. The largest absolute Gasteiger partial charge is 0.491 e. The summed E-state index contributed by atoms with van der Waals surface area (Å²) in [6.45, 7) is 3.71. The van der Waals surface area contributed by atoms with Crippen LogP contribution in [0.25, 0.3) is 0 Å². The van der Waals surface area contributed by atoms with E-state index >= 15 is 0 Å². The Balaban J connectivity index is 1.32. The van der Waals surface area contributed by atoms with E-state index in [4.69, 9.17) is 9.47 Å². The Hall–Kier alpha value is -4.28. The number of hydrogen-bond donors (Lipinski definition) is 6. The van der Waals surface area contributed by atoms with Crippen molar-refractivity contribution in [2.45, 2.75) is 26.1 Å². The monoisotopic (exact) mass is 522 g/mol. The third-order valence-electron chi connectivity index (χ3n) is 5.20. The van der Waals surface area contributed by atoms with E-state index in [-0.39, 0.29) is 25.0 Å². The fourth-order valence-electron chi connectivity index (χ4n) is 3.36. The summed E-state index contributed by atoms with van der Waals surface area (Å²) in [5.41, 5.74) is 3.04. The summed E-state index contributed by atoms with van der Waals surface area (Å²) >= 11 is 0. The van der Waals surface area contributed by atoms with Gasteiger partial charge in [0.15, 0.2) is 0 Å². The van der Waals surface area contributed by atoms with E-state index in [9.17, 15) is 19.8 Å². The van der Waals surface area contributed by atoms with Crippen LogP contribution in [0.1, 0.15) is 13.8 Å². The van der Waals surface area contributed by atoms with Crippen LogP contribution in [0, 0.1) is 0 Å². The zero-order valence-electron chi connectivity index (χ0n) is 21.4. The molecule has 0 spiro atoms. The molecule has 10 heteroatoms. The van der Waals surface area contributed by atoms with E-state index in [1.807, 2.05) is 24.3 Å². The smallest absolute Gasteiger partial charge is 0.221 e. The van der Waals surface area contributed by atoms with Gasteiger partial charge >= 0.3 is 0 Å². The zero-order chi connectivity index (χ0) is 27.3. The molecule has 0 saturated carbocycles. The molecule has 0 aliphatic rings. The second-order valence-corrected chi connectivity index (χ2v) is 8.68. The lowest BCUT2D eigenvalue weighted by molar-refractivity contribution is -0.115. The second-order valence-electron chi connectivity index (χ2n) is 8.68. The Morgan fingerprint density at radius 3 is 1.24 bits per heavy atom. The van der Waals surface area contributed by atoms with Crippen molar-refractivity contribution >= 4 is 34.6 Å². The third kappa shape index (κ3) is 10.4. The first-order valence-electron chi connectivity index (χ1n) is 12.2. The lowest BCUT2D eigenvalue weighted by atomic mass is 10.2. The quantitative estimate of drug-likeness (QED) is 0.189. The normalized spacial score (nSPS) is 12.1. The molecule has 3 rings (SSSR count). The molecule has 6 N–H and O–H groups in total. The SMILES string of the molecule is CC(=O)Nc1ccc(NC[C@@H](O)COc2ccc(OC[C@H](O)CNc3ccc(NC(C)=O)cc3)cc2)cc1. The Bertz CT molecular complexity index is 1060. The van der Waals surface area contributed by atoms with Crippen molar-refractivity contribution in [3.8, 4) is 11.5 Å². The molecule has 2 atom stereocenters. The van der Waals surface area contributed by atoms with E-state index < -0.39 is 12.2 Å². The first-order valence-corrected chi connectivity index (χ1v) is 12.2. The van der Waals surface area contributed by atoms with Crippen LogP contribution in [0.5, 0.6) is 11.5 Å². The Morgan fingerprint density at radius 2 is 0.921 bits per heavy atom. The van der Waals surface area contributed by atoms with Gasteiger partial charge in [0.25, 0.3) is 0 Å². The number of ether oxygens (including phenoxy) is 2. The van der Waals surface area contributed by atoms with E-state index in [0.29, 0.717) is 36.0 Å². The first kappa shape index (κ1) is 28.3. The number of carbonyl (C=O) groups is 2. The average Bonchev–Trinajstić information content (AvgIpc) is 2.90. The zero-order valence-corrected chi connectivity index (χ0v) is 21.4. The molecule has 0 unspecified atom stereocenters. The molecule has 0 aliphatic carbocycles. The minimum atomic E-state index is -0.731. The topological polar surface area (TPSA) is 141 Å². The molecule has 0 heterocycles. The van der Waals surface area contributed by atoms with E-state index in [2.05, 4.69) is 21.3 Å². The summed E-state index contributed by atoms with van der Waals surface area (Å²) in [5.74, 6) is 0.904. The fraction of sp³-hybridized carbons (Fsp3) is 0.286. The van der Waals surface area contributed by atoms with Gasteiger partial charge in [0.05, 0.1) is 0 Å². The highest BCUT2D eigenvalue weighted by Gasteiger charge is 2.08. The van der Waals surface area contributed by atoms with Crippen molar-refractivity contribution in [1.82, 2.24) is 0 Å². The maximum absolute atomic E-state index is 11.1. The lowest BCUT2D eigenvalue weighted by Gasteiger charge is -2.16. The molecular weight excluding hydrogens is 488 g/mol. The molecule has 0 aromatic heterocycles. The van der Waals surface area contributed by atoms with Gasteiger partial charge in [-0.05, 0) is 72.8 Å². The summed E-state index contributed by atoms with van der Waals surface area (Å²) in [6, 6.07) is 21.3. The average molecular weight is 523 g/mol. The summed E-state index contributed by atoms with van der Waals surface area (Å²) in [4.78, 5) is 22.2. The molecule has 0 bridgehead atoms. The van der Waals surface area contributed by atoms with Crippen LogP contribution in [0.15, 0.2) is 72.8 Å². The van der Waals surface area contributed by atoms with Gasteiger partial charge in [0.1, 0.15) is 36.9 Å². The molecule has 10 nitrogen and oxygen atoms in total. The Morgan fingerprint density at radius 1 is 0.605 bits per heavy atom. The van der Waals surface area contributed by atoms with Crippen LogP contribution in [-0.2, 0) is 9.59 Å². The number of aliphatic hydroxyl groups excluding tert-OH is 2. The van der Waals surface area contributed by atoms with Crippen LogP contribution < -0.4 is 30.7 Å². The maximum Gasteiger partial charge on any atom is 0.221 e. The Kier molecular flexibility index (Phi) is 10.8. The van der Waals surface area contributed by atoms with E-state index in [0.717, 1.165) is 11.4 Å². The fourth-order valence-corrected chi connectivity index (χ4v) is 3.36. The van der Waals surface area contributed by atoms with Gasteiger partial charge < -0.3 is 41.0 Å². The second kappa shape index (κ2) is 14.5. The molecule has 3 aromatic rings. The van der Waals surface area contributed by atoms with Crippen molar-refractivity contribution in [2.75, 3.05) is 47.6 Å². The molecule has 0 aliphatic heterocycles. The van der Waals surface area contributed by atoms with Crippen LogP contribution >= 0.6 is 0 Å². The van der Waals surface area contributed by atoms with Crippen LogP contribution in [0.4, 0.5) is 22.7 Å². The van der Waals surface area contributed by atoms with Crippen molar-refractivity contribution in [3.05, 3.63) is 72.8 Å². The van der Waals surface area contributed by atoms with E-state index in [1.54, 1.807) is 48.5 Å². The van der Waals surface area contributed by atoms with Crippen LogP contribution in [-0.4, -0.2) is 60.5 Å². The van der Waals surface area contributed by atoms with Crippen molar-refractivity contribution < 1.29 is 29.3 Å². The van der Waals surface area contributed by atoms with Crippen LogP contribution in [0.3, 0.4) is 0 Å². The number of amides is 2. The van der Waals surface area contributed by atoms with Gasteiger partial charge in [0, 0.05) is 49.7 Å². The van der Waals surface area contributed by atoms with Gasteiger partial charge in [-0.3, -0.25) is 9.59 Å². The van der Waals surface area contributed by atoms with Gasteiger partial charge in [0.2, 0.25) is 11.8 Å². The van der Waals surface area contributed by atoms with E-state index in [1.165, 1.54) is 13.8 Å². The van der Waals surface area contributed by atoms with Crippen molar-refractivity contribution in [1.29, 1.82) is 0 Å². The first-order chi connectivity index (χ1) is 18.3. The van der Waals surface area contributed by atoms with Gasteiger partial charge in [-0.15, -0.1) is 0 Å². The Labute approximate surface area is 222 Å². The molecule has 0 fully saturated rings. The van der Waals surface area contributed by atoms with Crippen molar-refractivity contribution in [2.24, 2.45) is 0 Å². The number of benzene rings is 3. The van der Waals surface area contributed by atoms with Gasteiger partial charge in [-0.1, -0.05) is 0 Å². The number of nitrogens with one attached hydrogen (secondary N) is 4. The van der Waals surface area contributed by atoms with Gasteiger partial charge in [-0.25, -0.2) is 0 Å². The summed E-state index contributed by atoms with van der Waals surface area (Å²) < 4.78 is 11.3. The molecule has 0 saturated heterocycles. The molecular formula is C28H34N4O6. The predicted octanol–water partition coefficient (Wildman–Crippen LogP) is 3.31. The summed E-state index contributed by atoms with van der Waals surface area (Å²) in [5, 5.41) is 32.1.